The maximum atomic E-state index is 14.2. The van der Waals surface area contributed by atoms with Gasteiger partial charge in [0.15, 0.2) is 0 Å². The van der Waals surface area contributed by atoms with E-state index in [4.69, 9.17) is 19.9 Å². The van der Waals surface area contributed by atoms with Gasteiger partial charge in [-0.1, -0.05) is 206 Å². The van der Waals surface area contributed by atoms with Gasteiger partial charge in [0.25, 0.3) is 5.91 Å². The molecule has 141 heavy (non-hydrogen) atoms. The molecule has 14 aromatic carbocycles. The molecule has 0 fully saturated rings. The van der Waals surface area contributed by atoms with Crippen molar-refractivity contribution >= 4 is 28.7 Å². The van der Waals surface area contributed by atoms with E-state index in [1.165, 1.54) is 33.6 Å². The normalized spacial score (nSPS) is 11.0. The number of nitrogens with zero attached hydrogens (tertiary/aromatic N) is 11. The molecule has 5 N–H and O–H groups in total. The van der Waals surface area contributed by atoms with Crippen molar-refractivity contribution in [1.29, 1.82) is 0 Å². The molecule has 0 saturated carbocycles. The number of hydrogen-bond acceptors (Lipinski definition) is 13. The first-order valence-corrected chi connectivity index (χ1v) is 48.7. The largest absolute Gasteiger partial charge is 0.507 e. The van der Waals surface area contributed by atoms with Crippen LogP contribution in [0.25, 0.3) is 96.3 Å². The lowest BCUT2D eigenvalue weighted by atomic mass is 10.0. The first kappa shape index (κ1) is 99.5. The summed E-state index contributed by atoms with van der Waals surface area (Å²) in [4.78, 5) is 47.0. The molecule has 0 radical (unpaired) electrons. The zero-order chi connectivity index (χ0) is 99.7. The number of para-hydroxylation sites is 1. The minimum absolute atomic E-state index is 0.140. The standard InChI is InChI=1S/C35H37N3O.C34H33N3O2.C28H31N3O.C27H29N3O/c1-5-37(6-2)30-20-18-28(19-21-30)33-32(22-17-27-13-9-7-10-14-27)36-35(38(33)31-15-11-8-12-16-31)29-23-25(3)34(39)26(4)24-29;1-23-21-28(22-24(2)32(23)38)33-35-30(20-15-25-11-7-5-8-12-25)31(26-16-18-29(19-17-26)36(3)4)37(33)34(39)27-13-9-6-10-14-27;1-19-17-23(18-20(2)27(19)32)28-29-25(16-11-21-9-7-6-8-10-21)26(31(28)5)22-12-14-24(15-13-22)30(3)4;1-18-16-22(17-19(2)26(18)31)27-28-24(15-10-20-8-6-5-7-9-20)25(29-27)21-11-13-23(14-12-21)30(3)4/h7-16,18-21,23-24,39H,5-6,17,22H2,1-4H3;5-14,16-19,21-22,38H,15,20H2,1-4H3;6-10,12-15,17-18,32H,11,16H2,1-5H3;5-9,11-14,16-17,31H,10,15H2,1-4H3,(H,28,29). The van der Waals surface area contributed by atoms with E-state index in [2.05, 4.69) is 287 Å². The molecule has 0 atom stereocenters. The highest BCUT2D eigenvalue weighted by Gasteiger charge is 2.29. The molecule has 0 spiro atoms. The van der Waals surface area contributed by atoms with Crippen LogP contribution in [0.5, 0.6) is 23.0 Å². The van der Waals surface area contributed by atoms with Crippen LogP contribution in [-0.2, 0) is 58.4 Å². The fourth-order valence-corrected chi connectivity index (χ4v) is 18.5. The Labute approximate surface area is 831 Å². The highest BCUT2D eigenvalue weighted by Crippen LogP contribution is 2.42. The van der Waals surface area contributed by atoms with Crippen LogP contribution in [0.15, 0.2) is 328 Å². The summed E-state index contributed by atoms with van der Waals surface area (Å²) >= 11 is 0. The summed E-state index contributed by atoms with van der Waals surface area (Å²) in [7, 11) is 14.3. The zero-order valence-electron chi connectivity index (χ0n) is 84.4. The number of anilines is 4. The second-order valence-electron chi connectivity index (χ2n) is 37.2. The number of benzene rings is 14. The van der Waals surface area contributed by atoms with Gasteiger partial charge < -0.3 is 49.6 Å². The Hall–Kier alpha value is -16.0. The molecule has 4 heterocycles. The van der Waals surface area contributed by atoms with Crippen LogP contribution in [0.3, 0.4) is 0 Å². The third-order valence-corrected chi connectivity index (χ3v) is 26.3. The summed E-state index contributed by atoms with van der Waals surface area (Å²) in [6.45, 7) is 21.7. The average Bonchev–Trinajstić information content (AvgIpc) is 1.61. The van der Waals surface area contributed by atoms with Crippen LogP contribution in [0.1, 0.15) is 114 Å². The van der Waals surface area contributed by atoms with Crippen molar-refractivity contribution in [1.82, 2.24) is 38.6 Å². The molecule has 0 bridgehead atoms. The lowest BCUT2D eigenvalue weighted by Gasteiger charge is -2.21. The van der Waals surface area contributed by atoms with Gasteiger partial charge in [-0.3, -0.25) is 13.9 Å². The predicted octanol–water partition coefficient (Wildman–Crippen LogP) is 27.1. The van der Waals surface area contributed by atoms with Crippen molar-refractivity contribution in [2.45, 2.75) is 121 Å². The number of carbonyl (C=O) groups is 1. The maximum absolute atomic E-state index is 14.2. The molecule has 716 valence electrons. The van der Waals surface area contributed by atoms with Gasteiger partial charge in [0, 0.05) is 147 Å². The second kappa shape index (κ2) is 45.5. The Morgan fingerprint density at radius 2 is 0.603 bits per heavy atom. The van der Waals surface area contributed by atoms with Gasteiger partial charge in [-0.25, -0.2) is 19.9 Å². The molecule has 17 nitrogen and oxygen atoms in total. The minimum atomic E-state index is -0.140. The highest BCUT2D eigenvalue weighted by atomic mass is 16.3. The van der Waals surface area contributed by atoms with Gasteiger partial charge in [0.05, 0.1) is 39.9 Å². The molecule has 0 aliphatic carbocycles. The van der Waals surface area contributed by atoms with Crippen LogP contribution in [0.2, 0.25) is 0 Å². The molecule has 0 amide bonds. The quantitative estimate of drug-likeness (QED) is 0.0311. The van der Waals surface area contributed by atoms with E-state index in [1.807, 2.05) is 193 Å². The summed E-state index contributed by atoms with van der Waals surface area (Å²) in [5.41, 5.74) is 34.4. The molecule has 18 aromatic rings. The van der Waals surface area contributed by atoms with Gasteiger partial charge in [-0.2, -0.15) is 0 Å². The lowest BCUT2D eigenvalue weighted by molar-refractivity contribution is 0.0963. The summed E-state index contributed by atoms with van der Waals surface area (Å²) in [5, 5.41) is 41.3. The van der Waals surface area contributed by atoms with Crippen LogP contribution in [-0.4, -0.2) is 120 Å². The number of hydrogen-bond donors (Lipinski definition) is 5. The van der Waals surface area contributed by atoms with E-state index >= 15 is 0 Å². The Balaban J connectivity index is 0.000000143. The van der Waals surface area contributed by atoms with E-state index in [1.54, 1.807) is 4.57 Å². The number of aromatic hydroxyl groups is 4. The molecule has 0 aliphatic heterocycles. The fourth-order valence-electron chi connectivity index (χ4n) is 18.5. The first-order chi connectivity index (χ1) is 68.1. The number of aryl methyl sites for hydroxylation is 16. The zero-order valence-corrected chi connectivity index (χ0v) is 84.4. The van der Waals surface area contributed by atoms with E-state index in [-0.39, 0.29) is 11.7 Å². The van der Waals surface area contributed by atoms with Crippen molar-refractivity contribution in [3.8, 4) is 119 Å². The Bertz CT molecular complexity index is 7180. The number of nitrogens with one attached hydrogen (secondary N) is 1. The summed E-state index contributed by atoms with van der Waals surface area (Å²) in [6.07, 6.45) is 6.81. The molecule has 0 aliphatic rings. The van der Waals surface area contributed by atoms with E-state index in [0.29, 0.717) is 35.1 Å². The monoisotopic (exact) mass is 1870 g/mol. The number of phenols is 4. The Morgan fingerprint density at radius 3 is 0.986 bits per heavy atom. The van der Waals surface area contributed by atoms with Crippen molar-refractivity contribution in [2.24, 2.45) is 7.05 Å². The number of phenolic OH excluding ortho intramolecular Hbond substituents is 4. The molecular formula is C124H130N12O5. The Kier molecular flexibility index (Phi) is 32.1. The summed E-state index contributed by atoms with van der Waals surface area (Å²) in [5.74, 6) is 4.38. The number of carbonyl (C=O) groups excluding carboxylic acids is 1. The summed E-state index contributed by atoms with van der Waals surface area (Å²) < 4.78 is 6.24. The molecule has 17 heteroatoms. The van der Waals surface area contributed by atoms with Crippen molar-refractivity contribution < 1.29 is 25.2 Å². The number of aromatic nitrogens is 8. The van der Waals surface area contributed by atoms with E-state index in [0.717, 1.165) is 227 Å². The fraction of sp³-hybridized carbons (Fsp3) is 0.218. The summed E-state index contributed by atoms with van der Waals surface area (Å²) in [6, 6.07) is 112. The van der Waals surface area contributed by atoms with Gasteiger partial charge in [-0.15, -0.1) is 0 Å². The highest BCUT2D eigenvalue weighted by molar-refractivity contribution is 6.01. The third kappa shape index (κ3) is 23.5. The molecule has 0 unspecified atom stereocenters. The van der Waals surface area contributed by atoms with Gasteiger partial charge >= 0.3 is 0 Å². The maximum Gasteiger partial charge on any atom is 0.264 e. The smallest absolute Gasteiger partial charge is 0.264 e. The number of rotatable bonds is 28. The second-order valence-corrected chi connectivity index (χ2v) is 37.2. The van der Waals surface area contributed by atoms with Crippen LogP contribution >= 0.6 is 0 Å². The van der Waals surface area contributed by atoms with E-state index < -0.39 is 0 Å². The first-order valence-electron chi connectivity index (χ1n) is 48.7. The van der Waals surface area contributed by atoms with Crippen molar-refractivity contribution in [3.63, 3.8) is 0 Å². The van der Waals surface area contributed by atoms with Crippen molar-refractivity contribution in [2.75, 3.05) is 75.0 Å². The molecule has 4 aromatic heterocycles. The van der Waals surface area contributed by atoms with Crippen LogP contribution in [0.4, 0.5) is 22.7 Å². The number of aromatic amines is 1. The van der Waals surface area contributed by atoms with Crippen LogP contribution in [0, 0.1) is 55.4 Å². The number of H-pyrrole nitrogens is 1. The van der Waals surface area contributed by atoms with E-state index in [9.17, 15) is 25.2 Å². The third-order valence-electron chi connectivity index (χ3n) is 26.3. The average molecular weight is 1870 g/mol. The van der Waals surface area contributed by atoms with Gasteiger partial charge in [0.2, 0.25) is 0 Å². The van der Waals surface area contributed by atoms with Crippen molar-refractivity contribution in [3.05, 3.63) is 423 Å². The Morgan fingerprint density at radius 1 is 0.305 bits per heavy atom. The van der Waals surface area contributed by atoms with Gasteiger partial charge in [0.1, 0.15) is 46.3 Å². The number of imidazole rings is 4. The lowest BCUT2D eigenvalue weighted by Crippen LogP contribution is -2.21. The van der Waals surface area contributed by atoms with Crippen LogP contribution < -0.4 is 19.6 Å². The molecule has 0 saturated heterocycles. The topological polar surface area (TPSA) is 193 Å². The SMILES string of the molecule is CCN(CC)c1ccc(-c2c(CCc3ccccc3)nc(-c3cc(C)c(O)c(C)c3)n2-c2ccccc2)cc1.Cc1cc(-c2nc(-c3ccc(N(C)C)cc3)c(CCc3ccccc3)[nH]2)cc(C)c1O.Cc1cc(-c2nc(CCc3ccccc3)c(-c3ccc(N(C)C)cc3)n2C(=O)c2ccccc2)cc(C)c1O.Cc1cc(-c2nc(CCc3ccccc3)c(-c3ccc(N(C)C)cc3)n2C)cc(C)c1O. The molecule has 18 rings (SSSR count). The minimum Gasteiger partial charge on any atom is -0.507 e. The van der Waals surface area contributed by atoms with Gasteiger partial charge in [-0.05, 0) is 309 Å². The molecular weight excluding hydrogens is 1740 g/mol. The predicted molar refractivity (Wildman–Crippen MR) is 584 cm³/mol.